The van der Waals surface area contributed by atoms with Gasteiger partial charge in [-0.2, -0.15) is 18.4 Å². The van der Waals surface area contributed by atoms with Gasteiger partial charge >= 0.3 is 6.18 Å². The molecule has 3 rings (SSSR count). The lowest BCUT2D eigenvalue weighted by Gasteiger charge is -2.32. The fourth-order valence-electron chi connectivity index (χ4n) is 3.10. The Morgan fingerprint density at radius 2 is 1.85 bits per heavy atom. The number of hydrogen-bond acceptors (Lipinski definition) is 4. The van der Waals surface area contributed by atoms with Crippen molar-refractivity contribution in [1.82, 2.24) is 0 Å². The molecule has 8 heteroatoms. The summed E-state index contributed by atoms with van der Waals surface area (Å²) in [4.78, 5) is 1.83. The third-order valence-electron chi connectivity index (χ3n) is 4.48. The molecule has 0 amide bonds. The third kappa shape index (κ3) is 3.45. The van der Waals surface area contributed by atoms with Crippen molar-refractivity contribution in [3.8, 4) is 11.8 Å². The number of hydrogen-bond donors (Lipinski definition) is 1. The van der Waals surface area contributed by atoms with Gasteiger partial charge in [0.25, 0.3) is 0 Å². The van der Waals surface area contributed by atoms with Crippen LogP contribution in [0.5, 0.6) is 5.75 Å². The Bertz CT molecular complexity index is 950. The fraction of sp³-hybridized carbons (Fsp3) is 0.263. The van der Waals surface area contributed by atoms with E-state index in [1.807, 2.05) is 25.1 Å². The van der Waals surface area contributed by atoms with Crippen LogP contribution in [-0.4, -0.2) is 20.0 Å². The number of fused-ring (bicyclic) bond motifs is 1. The maximum absolute atomic E-state index is 13.2. The predicted molar refractivity (Wildman–Crippen MR) is 96.5 cm³/mol. The van der Waals surface area contributed by atoms with Gasteiger partial charge in [0.15, 0.2) is 0 Å². The maximum atomic E-state index is 13.2. The summed E-state index contributed by atoms with van der Waals surface area (Å²) in [5.41, 5.74) is 0.600. The van der Waals surface area contributed by atoms with Crippen LogP contribution in [0.2, 0.25) is 5.02 Å². The number of nitriles is 1. The summed E-state index contributed by atoms with van der Waals surface area (Å²) in [7, 11) is 3.66. The zero-order chi connectivity index (χ0) is 19.9. The molecule has 1 N–H and O–H groups in total. The second-order valence-electron chi connectivity index (χ2n) is 6.40. The number of alkyl halides is 3. The number of rotatable bonds is 2. The first-order valence-corrected chi connectivity index (χ1v) is 8.35. The first-order chi connectivity index (χ1) is 12.6. The molecule has 27 heavy (non-hydrogen) atoms. The van der Waals surface area contributed by atoms with E-state index in [1.165, 1.54) is 6.07 Å². The van der Waals surface area contributed by atoms with Gasteiger partial charge in [-0.3, -0.25) is 5.41 Å². The summed E-state index contributed by atoms with van der Waals surface area (Å²) in [6.45, 7) is 0. The monoisotopic (exact) mass is 393 g/mol. The highest BCUT2D eigenvalue weighted by atomic mass is 35.5. The lowest BCUT2D eigenvalue weighted by atomic mass is 9.78. The van der Waals surface area contributed by atoms with Crippen LogP contribution < -0.4 is 9.64 Å². The van der Waals surface area contributed by atoms with Crippen molar-refractivity contribution >= 4 is 23.2 Å². The van der Waals surface area contributed by atoms with E-state index < -0.39 is 23.6 Å². The van der Waals surface area contributed by atoms with Crippen LogP contribution in [-0.2, 0) is 6.18 Å². The van der Waals surface area contributed by atoms with Crippen LogP contribution in [0, 0.1) is 22.7 Å². The van der Waals surface area contributed by atoms with Crippen molar-refractivity contribution in [3.63, 3.8) is 0 Å². The normalized spacial score (nSPS) is 19.1. The molecule has 2 aromatic carbocycles. The van der Waals surface area contributed by atoms with Crippen LogP contribution in [0.15, 0.2) is 36.4 Å². The Hall–Kier alpha value is -2.72. The summed E-state index contributed by atoms with van der Waals surface area (Å²) >= 11 is 6.20. The van der Waals surface area contributed by atoms with Crippen LogP contribution in [0.3, 0.4) is 0 Å². The van der Waals surface area contributed by atoms with Gasteiger partial charge in [0, 0.05) is 42.4 Å². The van der Waals surface area contributed by atoms with E-state index in [0.717, 1.165) is 17.8 Å². The Kier molecular flexibility index (Phi) is 4.79. The maximum Gasteiger partial charge on any atom is 0.416 e. The van der Waals surface area contributed by atoms with Crippen molar-refractivity contribution in [3.05, 3.63) is 58.1 Å². The number of nitrogens with zero attached hydrogens (tertiary/aromatic N) is 2. The molecule has 1 aliphatic heterocycles. The molecule has 140 valence electrons. The Morgan fingerprint density at radius 3 is 2.44 bits per heavy atom. The summed E-state index contributed by atoms with van der Waals surface area (Å²) in [6, 6.07) is 10.1. The van der Waals surface area contributed by atoms with Crippen molar-refractivity contribution in [2.45, 2.75) is 12.1 Å². The number of ether oxygens (including phenoxy) is 1. The molecular formula is C19H15ClF3N3O. The molecule has 2 unspecified atom stereocenters. The van der Waals surface area contributed by atoms with Gasteiger partial charge in [-0.25, -0.2) is 0 Å². The molecule has 0 saturated carbocycles. The number of anilines is 1. The predicted octanol–water partition coefficient (Wildman–Crippen LogP) is 5.07. The van der Waals surface area contributed by atoms with Gasteiger partial charge < -0.3 is 9.64 Å². The molecule has 0 bridgehead atoms. The Morgan fingerprint density at radius 1 is 1.15 bits per heavy atom. The second kappa shape index (κ2) is 6.78. The minimum absolute atomic E-state index is 0.102. The van der Waals surface area contributed by atoms with E-state index in [2.05, 4.69) is 0 Å². The minimum Gasteiger partial charge on any atom is -0.442 e. The molecule has 0 fully saturated rings. The van der Waals surface area contributed by atoms with Crippen LogP contribution in [0.4, 0.5) is 18.9 Å². The van der Waals surface area contributed by atoms with E-state index in [4.69, 9.17) is 21.7 Å². The summed E-state index contributed by atoms with van der Waals surface area (Å²) in [5, 5.41) is 17.7. The number of halogens is 4. The zero-order valence-electron chi connectivity index (χ0n) is 14.4. The lowest BCUT2D eigenvalue weighted by Crippen LogP contribution is -2.31. The Balaban J connectivity index is 2.22. The van der Waals surface area contributed by atoms with E-state index in [1.54, 1.807) is 18.2 Å². The van der Waals surface area contributed by atoms with Gasteiger partial charge in [0.2, 0.25) is 5.90 Å². The smallest absolute Gasteiger partial charge is 0.416 e. The van der Waals surface area contributed by atoms with E-state index in [-0.39, 0.29) is 16.5 Å². The zero-order valence-corrected chi connectivity index (χ0v) is 15.2. The van der Waals surface area contributed by atoms with Crippen LogP contribution in [0.1, 0.15) is 22.6 Å². The van der Waals surface area contributed by atoms with Gasteiger partial charge in [0.05, 0.1) is 11.6 Å². The number of benzene rings is 2. The largest absolute Gasteiger partial charge is 0.442 e. The van der Waals surface area contributed by atoms with Gasteiger partial charge in [-0.15, -0.1) is 0 Å². The van der Waals surface area contributed by atoms with Gasteiger partial charge in [-0.05, 0) is 29.8 Å². The minimum atomic E-state index is -4.54. The molecule has 2 atom stereocenters. The quantitative estimate of drug-likeness (QED) is 0.775. The van der Waals surface area contributed by atoms with Crippen molar-refractivity contribution < 1.29 is 17.9 Å². The molecule has 0 radical (unpaired) electrons. The first kappa shape index (κ1) is 19.1. The lowest BCUT2D eigenvalue weighted by molar-refractivity contribution is -0.137. The molecule has 4 nitrogen and oxygen atoms in total. The highest BCUT2D eigenvalue weighted by Gasteiger charge is 2.39. The fourth-order valence-corrected chi connectivity index (χ4v) is 3.33. The topological polar surface area (TPSA) is 60.1 Å². The highest BCUT2D eigenvalue weighted by molar-refractivity contribution is 6.31. The molecular weight excluding hydrogens is 379 g/mol. The SMILES string of the molecule is CN(C)c1ccc2c(c1)OC(=N)C(C#N)C2c1cc(C(F)(F)F)ccc1Cl. The van der Waals surface area contributed by atoms with E-state index in [9.17, 15) is 18.4 Å². The summed E-state index contributed by atoms with van der Waals surface area (Å²) in [6.07, 6.45) is -4.54. The molecule has 2 aromatic rings. The third-order valence-corrected chi connectivity index (χ3v) is 4.83. The van der Waals surface area contributed by atoms with Crippen LogP contribution >= 0.6 is 11.6 Å². The highest BCUT2D eigenvalue weighted by Crippen LogP contribution is 2.46. The Labute approximate surface area is 159 Å². The van der Waals surface area contributed by atoms with E-state index in [0.29, 0.717) is 11.3 Å². The molecule has 0 saturated heterocycles. The number of nitrogens with one attached hydrogen (secondary N) is 1. The molecule has 0 aliphatic carbocycles. The van der Waals surface area contributed by atoms with Gasteiger partial charge in [0.1, 0.15) is 11.7 Å². The molecule has 0 aromatic heterocycles. The van der Waals surface area contributed by atoms with Crippen molar-refractivity contribution in [2.24, 2.45) is 5.92 Å². The summed E-state index contributed by atoms with van der Waals surface area (Å²) < 4.78 is 45.0. The standard InChI is InChI=1S/C19H15ClF3N3O/c1-26(2)11-4-5-12-16(8-11)27-18(25)14(9-24)17(12)13-7-10(19(21,22)23)3-6-15(13)20/h3-8,14,17,25H,1-2H3. The molecule has 1 heterocycles. The molecule has 0 spiro atoms. The van der Waals surface area contributed by atoms with Crippen LogP contribution in [0.25, 0.3) is 0 Å². The van der Waals surface area contributed by atoms with Crippen molar-refractivity contribution in [1.29, 1.82) is 10.7 Å². The molecule has 1 aliphatic rings. The average Bonchev–Trinajstić information content (AvgIpc) is 2.59. The first-order valence-electron chi connectivity index (χ1n) is 7.97. The van der Waals surface area contributed by atoms with Gasteiger partial charge in [-0.1, -0.05) is 17.7 Å². The van der Waals surface area contributed by atoms with Crippen molar-refractivity contribution in [2.75, 3.05) is 19.0 Å². The second-order valence-corrected chi connectivity index (χ2v) is 6.81. The van der Waals surface area contributed by atoms with E-state index >= 15 is 0 Å². The summed E-state index contributed by atoms with van der Waals surface area (Å²) in [5.74, 6) is -1.91. The average molecular weight is 394 g/mol.